The summed E-state index contributed by atoms with van der Waals surface area (Å²) in [6.45, 7) is 9.38. The van der Waals surface area contributed by atoms with Gasteiger partial charge in [-0.25, -0.2) is 0 Å². The number of fused-ring (bicyclic) bond motifs is 2. The van der Waals surface area contributed by atoms with Gasteiger partial charge in [-0.1, -0.05) is 12.1 Å². The molecule has 0 saturated heterocycles. The molecule has 0 fully saturated rings. The van der Waals surface area contributed by atoms with Crippen LogP contribution in [0.2, 0.25) is 0 Å². The summed E-state index contributed by atoms with van der Waals surface area (Å²) in [6, 6.07) is 11.3. The molecule has 5 rings (SSSR count). The van der Waals surface area contributed by atoms with Gasteiger partial charge in [0.1, 0.15) is 11.0 Å². The molecule has 42 heavy (non-hydrogen) atoms. The number of amides is 2. The smallest absolute Gasteiger partial charge is 0.261 e. The first-order valence-electron chi connectivity index (χ1n) is 14.1. The average molecular weight is 572 g/mol. The van der Waals surface area contributed by atoms with Gasteiger partial charge in [0.05, 0.1) is 35.3 Å². The zero-order valence-electron chi connectivity index (χ0n) is 24.8. The zero-order valence-corrected chi connectivity index (χ0v) is 24.8. The van der Waals surface area contributed by atoms with Gasteiger partial charge in [0.15, 0.2) is 0 Å². The summed E-state index contributed by atoms with van der Waals surface area (Å²) in [4.78, 5) is 49.5. The number of aliphatic hydroxyl groups excluding tert-OH is 1. The molecule has 4 aromatic rings. The maximum Gasteiger partial charge on any atom is 0.261 e. The number of pyridine rings is 2. The van der Waals surface area contributed by atoms with E-state index in [9.17, 15) is 19.5 Å². The maximum atomic E-state index is 13.3. The second kappa shape index (κ2) is 11.5. The molecule has 10 heteroatoms. The molecule has 0 saturated carbocycles. The van der Waals surface area contributed by atoms with E-state index >= 15 is 0 Å². The second-order valence-corrected chi connectivity index (χ2v) is 11.3. The lowest BCUT2D eigenvalue weighted by Gasteiger charge is -2.27. The number of rotatable bonds is 9. The molecule has 0 atom stereocenters. The van der Waals surface area contributed by atoms with Crippen LogP contribution < -0.4 is 15.4 Å². The van der Waals surface area contributed by atoms with E-state index in [1.807, 2.05) is 50.4 Å². The Morgan fingerprint density at radius 3 is 2.57 bits per heavy atom. The number of furan rings is 1. The van der Waals surface area contributed by atoms with Gasteiger partial charge < -0.3 is 23.9 Å². The lowest BCUT2D eigenvalue weighted by Crippen LogP contribution is -2.47. The molecule has 1 aromatic carbocycles. The number of aliphatic hydroxyl groups is 1. The van der Waals surface area contributed by atoms with Crippen LogP contribution in [-0.2, 0) is 35.8 Å². The van der Waals surface area contributed by atoms with E-state index in [1.165, 1.54) is 6.26 Å². The van der Waals surface area contributed by atoms with E-state index in [0.29, 0.717) is 60.8 Å². The van der Waals surface area contributed by atoms with Crippen molar-refractivity contribution in [1.29, 1.82) is 0 Å². The predicted octanol–water partition coefficient (Wildman–Crippen LogP) is 3.85. The Balaban J connectivity index is 1.48. The van der Waals surface area contributed by atoms with Crippen molar-refractivity contribution in [3.05, 3.63) is 87.8 Å². The molecule has 1 aliphatic heterocycles. The van der Waals surface area contributed by atoms with Gasteiger partial charge in [0.25, 0.3) is 5.56 Å². The summed E-state index contributed by atoms with van der Waals surface area (Å²) in [6.07, 6.45) is 5.00. The van der Waals surface area contributed by atoms with Crippen LogP contribution >= 0.6 is 0 Å². The molecule has 220 valence electrons. The fourth-order valence-corrected chi connectivity index (χ4v) is 5.72. The minimum absolute atomic E-state index is 0.112. The third-order valence-corrected chi connectivity index (χ3v) is 8.08. The largest absolute Gasteiger partial charge is 0.464 e. The molecule has 4 heterocycles. The van der Waals surface area contributed by atoms with E-state index in [-0.39, 0.29) is 24.0 Å². The van der Waals surface area contributed by atoms with Crippen LogP contribution in [0.3, 0.4) is 0 Å². The third kappa shape index (κ3) is 5.23. The molecule has 0 radical (unpaired) electrons. The summed E-state index contributed by atoms with van der Waals surface area (Å²) in [5, 5.41) is 10.4. The van der Waals surface area contributed by atoms with Gasteiger partial charge in [0, 0.05) is 57.7 Å². The van der Waals surface area contributed by atoms with E-state index < -0.39 is 5.41 Å². The van der Waals surface area contributed by atoms with Crippen LogP contribution in [-0.4, -0.2) is 51.5 Å². The van der Waals surface area contributed by atoms with Crippen molar-refractivity contribution in [3.8, 4) is 0 Å². The van der Waals surface area contributed by atoms with Crippen molar-refractivity contribution in [1.82, 2.24) is 14.5 Å². The van der Waals surface area contributed by atoms with Crippen molar-refractivity contribution < 1.29 is 19.1 Å². The molecule has 10 nitrogen and oxygen atoms in total. The highest BCUT2D eigenvalue weighted by molar-refractivity contribution is 6.19. The molecule has 1 N–H and O–H groups in total. The molecule has 0 aliphatic carbocycles. The van der Waals surface area contributed by atoms with Crippen molar-refractivity contribution in [3.63, 3.8) is 0 Å². The summed E-state index contributed by atoms with van der Waals surface area (Å²) >= 11 is 0. The van der Waals surface area contributed by atoms with Crippen LogP contribution in [0.1, 0.15) is 43.2 Å². The summed E-state index contributed by atoms with van der Waals surface area (Å²) < 4.78 is 7.19. The van der Waals surface area contributed by atoms with Gasteiger partial charge in [-0.15, -0.1) is 0 Å². The summed E-state index contributed by atoms with van der Waals surface area (Å²) in [7, 11) is 1.71. The molecule has 0 bridgehead atoms. The van der Waals surface area contributed by atoms with E-state index in [1.54, 1.807) is 47.5 Å². The Bertz CT molecular complexity index is 1710. The molecule has 3 aromatic heterocycles. The number of benzene rings is 1. The Labute approximate surface area is 244 Å². The standard InChI is InChI=1S/C32H37N5O5/c1-6-37-26-10-9-22(16-27(26)34(5)30(40)32(3,4)31(37)41)18-35(19-23-8-7-12-33-25(23)20-38)13-14-36-17-21(2)28-24(29(36)39)11-15-42-28/h7-12,15-17,38H,6,13-14,18-20H2,1-5H3. The van der Waals surface area contributed by atoms with Gasteiger partial charge in [-0.2, -0.15) is 0 Å². The van der Waals surface area contributed by atoms with E-state index in [2.05, 4.69) is 9.88 Å². The molecular formula is C32H37N5O5. The fraction of sp³-hybridized carbons (Fsp3) is 0.375. The first-order valence-corrected chi connectivity index (χ1v) is 14.1. The van der Waals surface area contributed by atoms with Crippen molar-refractivity contribution >= 4 is 34.2 Å². The number of hydrogen-bond donors (Lipinski definition) is 1. The minimum Gasteiger partial charge on any atom is -0.464 e. The van der Waals surface area contributed by atoms with Gasteiger partial charge in [-0.3, -0.25) is 24.3 Å². The Morgan fingerprint density at radius 1 is 1.05 bits per heavy atom. The molecular weight excluding hydrogens is 534 g/mol. The Hall–Kier alpha value is -4.28. The molecule has 0 spiro atoms. The molecule has 0 unspecified atom stereocenters. The van der Waals surface area contributed by atoms with Crippen LogP contribution in [0.4, 0.5) is 11.4 Å². The minimum atomic E-state index is -1.18. The van der Waals surface area contributed by atoms with Crippen LogP contribution in [0.15, 0.2) is 64.3 Å². The first-order chi connectivity index (χ1) is 20.1. The van der Waals surface area contributed by atoms with E-state index in [4.69, 9.17) is 4.42 Å². The second-order valence-electron chi connectivity index (χ2n) is 11.3. The number of aromatic nitrogens is 2. The number of anilines is 2. The molecule has 2 amide bonds. The predicted molar refractivity (Wildman–Crippen MR) is 161 cm³/mol. The van der Waals surface area contributed by atoms with Crippen LogP contribution in [0.5, 0.6) is 0 Å². The molecule has 1 aliphatic rings. The highest BCUT2D eigenvalue weighted by atomic mass is 16.3. The number of carbonyl (C=O) groups excluding carboxylic acids is 2. The van der Waals surface area contributed by atoms with Gasteiger partial charge >= 0.3 is 0 Å². The van der Waals surface area contributed by atoms with Crippen molar-refractivity contribution in [2.75, 3.05) is 29.9 Å². The van der Waals surface area contributed by atoms with Crippen LogP contribution in [0.25, 0.3) is 11.0 Å². The number of hydrogen-bond acceptors (Lipinski definition) is 7. The quantitative estimate of drug-likeness (QED) is 0.304. The fourth-order valence-electron chi connectivity index (χ4n) is 5.72. The van der Waals surface area contributed by atoms with E-state index in [0.717, 1.165) is 16.7 Å². The van der Waals surface area contributed by atoms with Crippen molar-refractivity contribution in [2.24, 2.45) is 5.41 Å². The lowest BCUT2D eigenvalue weighted by molar-refractivity contribution is -0.137. The van der Waals surface area contributed by atoms with Crippen molar-refractivity contribution in [2.45, 2.75) is 53.9 Å². The number of nitrogens with zero attached hydrogens (tertiary/aromatic N) is 5. The van der Waals surface area contributed by atoms with Crippen LogP contribution in [0, 0.1) is 12.3 Å². The SMILES string of the molecule is CCN1C(=O)C(C)(C)C(=O)N(C)c2cc(CN(CCn3cc(C)c4occc4c3=O)Cc3cccnc3CO)ccc21. The topological polar surface area (TPSA) is 112 Å². The summed E-state index contributed by atoms with van der Waals surface area (Å²) in [5.41, 5.74) is 3.99. The third-order valence-electron chi connectivity index (χ3n) is 8.08. The highest BCUT2D eigenvalue weighted by Crippen LogP contribution is 2.39. The normalized spacial score (nSPS) is 15.0. The monoisotopic (exact) mass is 571 g/mol. The zero-order chi connectivity index (χ0) is 30.2. The first kappa shape index (κ1) is 29.2. The number of aryl methyl sites for hydroxylation is 1. The average Bonchev–Trinajstić information content (AvgIpc) is 3.48. The summed E-state index contributed by atoms with van der Waals surface area (Å²) in [5.74, 6) is -0.482. The Kier molecular flexibility index (Phi) is 8.03. The van der Waals surface area contributed by atoms with Gasteiger partial charge in [-0.05, 0) is 63.1 Å². The maximum absolute atomic E-state index is 13.3. The highest BCUT2D eigenvalue weighted by Gasteiger charge is 2.45. The number of carbonyl (C=O) groups is 2. The van der Waals surface area contributed by atoms with Gasteiger partial charge in [0.2, 0.25) is 11.8 Å². The Morgan fingerprint density at radius 2 is 1.83 bits per heavy atom. The lowest BCUT2D eigenvalue weighted by atomic mass is 9.90.